The first-order valence-electron chi connectivity index (χ1n) is 4.07. The van der Waals surface area contributed by atoms with Crippen LogP contribution in [0.1, 0.15) is 10.4 Å². The van der Waals surface area contributed by atoms with Crippen molar-refractivity contribution in [1.82, 2.24) is 4.98 Å². The van der Waals surface area contributed by atoms with Crippen LogP contribution in [0.2, 0.25) is 5.02 Å². The molecule has 0 saturated carbocycles. The van der Waals surface area contributed by atoms with Gasteiger partial charge in [-0.05, 0) is 17.7 Å². The van der Waals surface area contributed by atoms with Crippen molar-refractivity contribution < 1.29 is 4.39 Å². The molecule has 0 amide bonds. The number of halogens is 2. The minimum atomic E-state index is -0.303. The van der Waals surface area contributed by atoms with E-state index in [4.69, 9.17) is 11.6 Å². The van der Waals surface area contributed by atoms with Crippen molar-refractivity contribution in [3.8, 4) is 0 Å². The monoisotopic (exact) mass is 227 g/mol. The summed E-state index contributed by atoms with van der Waals surface area (Å²) < 4.78 is 12.7. The molecule has 1 nitrogen and oxygen atoms in total. The van der Waals surface area contributed by atoms with E-state index in [1.54, 1.807) is 29.1 Å². The molecule has 0 saturated heterocycles. The topological polar surface area (TPSA) is 12.9 Å². The van der Waals surface area contributed by atoms with E-state index in [2.05, 4.69) is 4.98 Å². The van der Waals surface area contributed by atoms with E-state index in [-0.39, 0.29) is 5.82 Å². The van der Waals surface area contributed by atoms with E-state index in [9.17, 15) is 4.39 Å². The van der Waals surface area contributed by atoms with Gasteiger partial charge in [0, 0.05) is 22.5 Å². The summed E-state index contributed by atoms with van der Waals surface area (Å²) in [7, 11) is 0. The van der Waals surface area contributed by atoms with Crippen LogP contribution in [-0.4, -0.2) is 4.98 Å². The lowest BCUT2D eigenvalue weighted by Crippen LogP contribution is -1.87. The van der Waals surface area contributed by atoms with Gasteiger partial charge in [0.2, 0.25) is 0 Å². The summed E-state index contributed by atoms with van der Waals surface area (Å²) in [6.07, 6.45) is 2.51. The van der Waals surface area contributed by atoms with Crippen LogP contribution < -0.4 is 0 Å². The van der Waals surface area contributed by atoms with Gasteiger partial charge < -0.3 is 0 Å². The van der Waals surface area contributed by atoms with Gasteiger partial charge in [-0.25, -0.2) is 4.39 Å². The molecule has 0 N–H and O–H groups in total. The average molecular weight is 228 g/mol. The third-order valence-corrected chi connectivity index (χ3v) is 2.99. The third-order valence-electron chi connectivity index (χ3n) is 1.86. The first-order valence-corrected chi connectivity index (χ1v) is 5.33. The van der Waals surface area contributed by atoms with Crippen LogP contribution in [0.15, 0.2) is 29.9 Å². The Morgan fingerprint density at radius 1 is 1.43 bits per heavy atom. The average Bonchev–Trinajstić information content (AvgIpc) is 2.62. The molecule has 0 aliphatic heterocycles. The maximum atomic E-state index is 12.7. The molecule has 4 heteroatoms. The predicted octanol–water partition coefficient (Wildman–Crippen LogP) is 3.53. The third kappa shape index (κ3) is 2.11. The fourth-order valence-electron chi connectivity index (χ4n) is 1.18. The second-order valence-electron chi connectivity index (χ2n) is 2.88. The second kappa shape index (κ2) is 4.07. The van der Waals surface area contributed by atoms with E-state index in [1.165, 1.54) is 12.1 Å². The van der Waals surface area contributed by atoms with Crippen LogP contribution in [0, 0.1) is 5.82 Å². The minimum Gasteiger partial charge on any atom is -0.253 e. The molecular weight excluding hydrogens is 221 g/mol. The highest BCUT2D eigenvalue weighted by Crippen LogP contribution is 2.21. The number of thiazole rings is 1. The fraction of sp³-hybridized carbons (Fsp3) is 0.100. The van der Waals surface area contributed by atoms with Gasteiger partial charge in [0.25, 0.3) is 0 Å². The van der Waals surface area contributed by atoms with Gasteiger partial charge in [-0.2, -0.15) is 0 Å². The van der Waals surface area contributed by atoms with Crippen molar-refractivity contribution in [2.45, 2.75) is 6.42 Å². The highest BCUT2D eigenvalue weighted by Gasteiger charge is 2.03. The maximum Gasteiger partial charge on any atom is 0.124 e. The summed E-state index contributed by atoms with van der Waals surface area (Å²) >= 11 is 7.46. The second-order valence-corrected chi connectivity index (χ2v) is 4.26. The molecule has 14 heavy (non-hydrogen) atoms. The van der Waals surface area contributed by atoms with E-state index >= 15 is 0 Å². The summed E-state index contributed by atoms with van der Waals surface area (Å²) in [4.78, 5) is 5.09. The molecule has 0 radical (unpaired) electrons. The zero-order valence-electron chi connectivity index (χ0n) is 7.21. The molecule has 1 heterocycles. The Morgan fingerprint density at radius 2 is 2.29 bits per heavy atom. The summed E-state index contributed by atoms with van der Waals surface area (Å²) in [5.41, 5.74) is 2.70. The number of hydrogen-bond acceptors (Lipinski definition) is 2. The van der Waals surface area contributed by atoms with E-state index < -0.39 is 0 Å². The Balaban J connectivity index is 2.25. The van der Waals surface area contributed by atoms with Crippen molar-refractivity contribution in [2.24, 2.45) is 0 Å². The molecule has 1 aromatic heterocycles. The van der Waals surface area contributed by atoms with Gasteiger partial charge >= 0.3 is 0 Å². The fourth-order valence-corrected chi connectivity index (χ4v) is 2.03. The van der Waals surface area contributed by atoms with Gasteiger partial charge in [-0.15, -0.1) is 11.3 Å². The molecule has 2 rings (SSSR count). The molecule has 0 spiro atoms. The number of benzene rings is 1. The van der Waals surface area contributed by atoms with Crippen LogP contribution in [-0.2, 0) is 6.42 Å². The summed E-state index contributed by atoms with van der Waals surface area (Å²) in [5.74, 6) is -0.303. The number of nitrogens with zero attached hydrogens (tertiary/aromatic N) is 1. The zero-order chi connectivity index (χ0) is 9.97. The van der Waals surface area contributed by atoms with Crippen molar-refractivity contribution >= 4 is 22.9 Å². The predicted molar refractivity (Wildman–Crippen MR) is 56.3 cm³/mol. The summed E-state index contributed by atoms with van der Waals surface area (Å²) in [6, 6.07) is 4.46. The largest absolute Gasteiger partial charge is 0.253 e. The van der Waals surface area contributed by atoms with E-state index in [1.807, 2.05) is 0 Å². The van der Waals surface area contributed by atoms with Gasteiger partial charge in [-0.1, -0.05) is 17.7 Å². The number of aromatic nitrogens is 1. The van der Waals surface area contributed by atoms with Crippen molar-refractivity contribution in [2.75, 3.05) is 0 Å². The molecule has 0 aliphatic carbocycles. The van der Waals surface area contributed by atoms with Gasteiger partial charge in [0.1, 0.15) is 5.82 Å². The van der Waals surface area contributed by atoms with Crippen LogP contribution in [0.3, 0.4) is 0 Å². The highest BCUT2D eigenvalue weighted by atomic mass is 35.5. The van der Waals surface area contributed by atoms with Crippen molar-refractivity contribution in [1.29, 1.82) is 0 Å². The lowest BCUT2D eigenvalue weighted by Gasteiger charge is -2.01. The first kappa shape index (κ1) is 9.62. The SMILES string of the molecule is Fc1ccc(Cc2cncs2)c(Cl)c1. The molecule has 0 fully saturated rings. The Kier molecular flexibility index (Phi) is 2.79. The van der Waals surface area contributed by atoms with Gasteiger partial charge in [0.05, 0.1) is 5.51 Å². The number of rotatable bonds is 2. The Labute approximate surface area is 90.2 Å². The van der Waals surface area contributed by atoms with Crippen molar-refractivity contribution in [3.63, 3.8) is 0 Å². The minimum absolute atomic E-state index is 0.303. The maximum absolute atomic E-state index is 12.7. The molecular formula is C10H7ClFNS. The Hall–Kier alpha value is -0.930. The molecule has 0 bridgehead atoms. The quantitative estimate of drug-likeness (QED) is 0.765. The van der Waals surface area contributed by atoms with Crippen LogP contribution in [0.4, 0.5) is 4.39 Å². The zero-order valence-corrected chi connectivity index (χ0v) is 8.78. The molecule has 2 aromatic rings. The Morgan fingerprint density at radius 3 is 2.93 bits per heavy atom. The standard InChI is InChI=1S/C10H7ClFNS/c11-10-4-8(12)2-1-7(10)3-9-5-13-6-14-9/h1-2,4-6H,3H2. The molecule has 1 aromatic carbocycles. The number of hydrogen-bond donors (Lipinski definition) is 0. The van der Waals surface area contributed by atoms with Gasteiger partial charge in [-0.3, -0.25) is 4.98 Å². The van der Waals surface area contributed by atoms with Crippen LogP contribution in [0.25, 0.3) is 0 Å². The van der Waals surface area contributed by atoms with Crippen molar-refractivity contribution in [3.05, 3.63) is 51.2 Å². The Bertz CT molecular complexity index is 428. The molecule has 0 atom stereocenters. The van der Waals surface area contributed by atoms with Crippen LogP contribution in [0.5, 0.6) is 0 Å². The van der Waals surface area contributed by atoms with E-state index in [0.717, 1.165) is 10.4 Å². The smallest absolute Gasteiger partial charge is 0.124 e. The molecule has 0 aliphatic rings. The summed E-state index contributed by atoms with van der Waals surface area (Å²) in [6.45, 7) is 0. The molecule has 72 valence electrons. The van der Waals surface area contributed by atoms with Crippen LogP contribution >= 0.6 is 22.9 Å². The van der Waals surface area contributed by atoms with Gasteiger partial charge in [0.15, 0.2) is 0 Å². The van der Waals surface area contributed by atoms with E-state index in [0.29, 0.717) is 11.4 Å². The first-order chi connectivity index (χ1) is 6.75. The highest BCUT2D eigenvalue weighted by molar-refractivity contribution is 7.09. The lowest BCUT2D eigenvalue weighted by atomic mass is 10.1. The summed E-state index contributed by atoms with van der Waals surface area (Å²) in [5, 5.41) is 0.471. The molecule has 0 unspecified atom stereocenters. The lowest BCUT2D eigenvalue weighted by molar-refractivity contribution is 0.627. The normalized spacial score (nSPS) is 10.4.